The average Bonchev–Trinajstić information content (AvgIpc) is 2.88. The maximum atomic E-state index is 13.4. The van der Waals surface area contributed by atoms with Crippen LogP contribution >= 0.6 is 0 Å². The number of carbonyl (C=O) groups is 1. The van der Waals surface area contributed by atoms with Gasteiger partial charge >= 0.3 is 0 Å². The molecule has 1 amide bonds. The van der Waals surface area contributed by atoms with Gasteiger partial charge in [0.1, 0.15) is 5.69 Å². The molecule has 168 valence electrons. The second kappa shape index (κ2) is 9.28. The van der Waals surface area contributed by atoms with Crippen molar-refractivity contribution in [3.05, 3.63) is 90.3 Å². The van der Waals surface area contributed by atoms with E-state index in [9.17, 15) is 14.4 Å². The van der Waals surface area contributed by atoms with E-state index in [1.165, 1.54) is 12.1 Å². The molecule has 7 heteroatoms. The molecular formula is C27H22FN5O. The lowest BCUT2D eigenvalue weighted by Crippen LogP contribution is -2.42. The highest BCUT2D eigenvalue weighted by atomic mass is 19.1. The fraction of sp³-hybridized carbons (Fsp3) is 0.185. The number of piperidine rings is 1. The van der Waals surface area contributed by atoms with Gasteiger partial charge < -0.3 is 10.2 Å². The van der Waals surface area contributed by atoms with Crippen LogP contribution in [0.25, 0.3) is 21.9 Å². The summed E-state index contributed by atoms with van der Waals surface area (Å²) >= 11 is 0. The van der Waals surface area contributed by atoms with E-state index in [4.69, 9.17) is 0 Å². The van der Waals surface area contributed by atoms with E-state index < -0.39 is 5.95 Å². The number of carbonyl (C=O) groups excluding carboxylic acids is 1. The quantitative estimate of drug-likeness (QED) is 0.441. The smallest absolute Gasteiger partial charge is 0.272 e. The Labute approximate surface area is 196 Å². The van der Waals surface area contributed by atoms with Crippen LogP contribution in [0.1, 0.15) is 28.9 Å². The van der Waals surface area contributed by atoms with Gasteiger partial charge in [-0.3, -0.25) is 9.78 Å². The topological polar surface area (TPSA) is 81.9 Å². The number of likely N-dealkylation sites (tertiary alicyclic amines) is 1. The number of nitriles is 1. The van der Waals surface area contributed by atoms with Crippen LogP contribution in [0.15, 0.2) is 73.1 Å². The summed E-state index contributed by atoms with van der Waals surface area (Å²) < 4.78 is 13.4. The SMILES string of the molecule is N#Cc1cccc(-c2cc(NC3CCN(C(=O)c4cccc(F)n4)CC3)c3cnccc3c2)c1. The molecule has 1 aliphatic rings. The van der Waals surface area contributed by atoms with Crippen LogP contribution in [0.5, 0.6) is 0 Å². The average molecular weight is 452 g/mol. The van der Waals surface area contributed by atoms with Crippen molar-refractivity contribution in [1.82, 2.24) is 14.9 Å². The lowest BCUT2D eigenvalue weighted by molar-refractivity contribution is 0.0711. The lowest BCUT2D eigenvalue weighted by atomic mass is 9.98. The fourth-order valence-electron chi connectivity index (χ4n) is 4.39. The summed E-state index contributed by atoms with van der Waals surface area (Å²) in [4.78, 5) is 22.4. The molecule has 6 nitrogen and oxygen atoms in total. The molecule has 0 atom stereocenters. The Kier molecular flexibility index (Phi) is 5.88. The third-order valence-corrected chi connectivity index (χ3v) is 6.16. The van der Waals surface area contributed by atoms with Gasteiger partial charge in [0.05, 0.1) is 11.6 Å². The molecule has 1 N–H and O–H groups in total. The Morgan fingerprint density at radius 2 is 1.88 bits per heavy atom. The van der Waals surface area contributed by atoms with Gasteiger partial charge in [-0.1, -0.05) is 18.2 Å². The zero-order valence-electron chi connectivity index (χ0n) is 18.4. The van der Waals surface area contributed by atoms with Gasteiger partial charge in [0.15, 0.2) is 0 Å². The van der Waals surface area contributed by atoms with Crippen LogP contribution in [0.2, 0.25) is 0 Å². The van der Waals surface area contributed by atoms with Crippen molar-refractivity contribution in [3.8, 4) is 17.2 Å². The molecule has 2 aromatic heterocycles. The molecule has 3 heterocycles. The number of fused-ring (bicyclic) bond motifs is 1. The highest BCUT2D eigenvalue weighted by molar-refractivity contribution is 5.97. The van der Waals surface area contributed by atoms with Crippen LogP contribution in [-0.2, 0) is 0 Å². The van der Waals surface area contributed by atoms with Gasteiger partial charge in [-0.2, -0.15) is 9.65 Å². The second-order valence-corrected chi connectivity index (χ2v) is 8.37. The first-order valence-electron chi connectivity index (χ1n) is 11.2. The highest BCUT2D eigenvalue weighted by Gasteiger charge is 2.25. The number of nitrogens with one attached hydrogen (secondary N) is 1. The number of hydrogen-bond acceptors (Lipinski definition) is 5. The van der Waals surface area contributed by atoms with E-state index in [1.807, 2.05) is 30.5 Å². The Morgan fingerprint density at radius 3 is 2.68 bits per heavy atom. The lowest BCUT2D eigenvalue weighted by Gasteiger charge is -2.33. The van der Waals surface area contributed by atoms with Crippen molar-refractivity contribution in [2.45, 2.75) is 18.9 Å². The standard InChI is InChI=1S/C27H22FN5O/c28-26-6-2-5-24(32-26)27(34)33-11-8-22(9-12-33)31-25-15-21(14-20-7-10-30-17-23(20)25)19-4-1-3-18(13-19)16-29/h1-7,10,13-15,17,22,31H,8-9,11-12H2. The molecule has 4 aromatic rings. The third-order valence-electron chi connectivity index (χ3n) is 6.16. The molecule has 2 aromatic carbocycles. The van der Waals surface area contributed by atoms with Crippen molar-refractivity contribution in [3.63, 3.8) is 0 Å². The van der Waals surface area contributed by atoms with Crippen molar-refractivity contribution < 1.29 is 9.18 Å². The number of halogens is 1. The van der Waals surface area contributed by atoms with Crippen molar-refractivity contribution in [1.29, 1.82) is 5.26 Å². The first-order chi connectivity index (χ1) is 16.6. The number of rotatable bonds is 4. The van der Waals surface area contributed by atoms with E-state index in [-0.39, 0.29) is 17.6 Å². The first-order valence-corrected chi connectivity index (χ1v) is 11.2. The second-order valence-electron chi connectivity index (χ2n) is 8.37. The van der Waals surface area contributed by atoms with Gasteiger partial charge in [0, 0.05) is 42.6 Å². The van der Waals surface area contributed by atoms with Crippen molar-refractivity contribution >= 4 is 22.4 Å². The summed E-state index contributed by atoms with van der Waals surface area (Å²) in [7, 11) is 0. The number of hydrogen-bond donors (Lipinski definition) is 1. The largest absolute Gasteiger partial charge is 0.382 e. The van der Waals surface area contributed by atoms with Gasteiger partial charge in [-0.25, -0.2) is 4.98 Å². The van der Waals surface area contributed by atoms with E-state index in [2.05, 4.69) is 33.5 Å². The minimum Gasteiger partial charge on any atom is -0.382 e. The number of benzene rings is 2. The summed E-state index contributed by atoms with van der Waals surface area (Å²) in [5.41, 5.74) is 3.72. The highest BCUT2D eigenvalue weighted by Crippen LogP contribution is 2.32. The molecule has 0 saturated carbocycles. The maximum absolute atomic E-state index is 13.4. The maximum Gasteiger partial charge on any atom is 0.272 e. The Bertz CT molecular complexity index is 1410. The van der Waals surface area contributed by atoms with Crippen LogP contribution in [0.3, 0.4) is 0 Å². The zero-order chi connectivity index (χ0) is 23.5. The molecule has 1 saturated heterocycles. The molecule has 0 unspecified atom stereocenters. The number of pyridine rings is 2. The first kappa shape index (κ1) is 21.5. The van der Waals surface area contributed by atoms with Crippen LogP contribution in [0, 0.1) is 17.3 Å². The van der Waals surface area contributed by atoms with E-state index in [1.54, 1.807) is 23.2 Å². The molecule has 0 bridgehead atoms. The number of nitrogens with zero attached hydrogens (tertiary/aromatic N) is 4. The monoisotopic (exact) mass is 451 g/mol. The Balaban J connectivity index is 1.36. The van der Waals surface area contributed by atoms with E-state index in [0.717, 1.165) is 40.4 Å². The molecular weight excluding hydrogens is 429 g/mol. The summed E-state index contributed by atoms with van der Waals surface area (Å²) in [6, 6.07) is 20.4. The Hall–Kier alpha value is -4.31. The minimum absolute atomic E-state index is 0.135. The predicted octanol–water partition coefficient (Wildman–Crippen LogP) is 5.02. The van der Waals surface area contributed by atoms with Crippen molar-refractivity contribution in [2.24, 2.45) is 0 Å². The summed E-state index contributed by atoms with van der Waals surface area (Å²) in [5, 5.41) is 15.0. The van der Waals surface area contributed by atoms with Gasteiger partial charge in [-0.15, -0.1) is 0 Å². The number of aromatic nitrogens is 2. The summed E-state index contributed by atoms with van der Waals surface area (Å²) in [6.45, 7) is 1.13. The third kappa shape index (κ3) is 4.44. The van der Waals surface area contributed by atoms with Crippen molar-refractivity contribution in [2.75, 3.05) is 18.4 Å². The molecule has 0 radical (unpaired) electrons. The molecule has 34 heavy (non-hydrogen) atoms. The number of anilines is 1. The predicted molar refractivity (Wildman–Crippen MR) is 129 cm³/mol. The Morgan fingerprint density at radius 1 is 1.06 bits per heavy atom. The fourth-order valence-corrected chi connectivity index (χ4v) is 4.39. The molecule has 5 rings (SSSR count). The normalized spacial score (nSPS) is 14.1. The van der Waals surface area contributed by atoms with Gasteiger partial charge in [0.25, 0.3) is 5.91 Å². The van der Waals surface area contributed by atoms with Crippen LogP contribution < -0.4 is 5.32 Å². The molecule has 1 fully saturated rings. The molecule has 1 aliphatic heterocycles. The van der Waals surface area contributed by atoms with E-state index >= 15 is 0 Å². The number of amides is 1. The molecule has 0 aliphatic carbocycles. The van der Waals surface area contributed by atoms with Gasteiger partial charge in [-0.05, 0) is 71.8 Å². The molecule has 0 spiro atoms. The van der Waals surface area contributed by atoms with Crippen LogP contribution in [0.4, 0.5) is 10.1 Å². The summed E-state index contributed by atoms with van der Waals surface area (Å²) in [6.07, 6.45) is 5.14. The summed E-state index contributed by atoms with van der Waals surface area (Å²) in [5.74, 6) is -0.893. The van der Waals surface area contributed by atoms with Crippen LogP contribution in [-0.4, -0.2) is 39.9 Å². The van der Waals surface area contributed by atoms with Gasteiger partial charge in [0.2, 0.25) is 5.95 Å². The van der Waals surface area contributed by atoms with E-state index in [0.29, 0.717) is 18.7 Å². The minimum atomic E-state index is -0.650. The zero-order valence-corrected chi connectivity index (χ0v) is 18.4.